The Hall–Kier alpha value is -1.39. The molecule has 3 N–H and O–H groups in total. The van der Waals surface area contributed by atoms with Crippen molar-refractivity contribution >= 4 is 11.6 Å². The molecule has 0 aliphatic heterocycles. The van der Waals surface area contributed by atoms with Crippen molar-refractivity contribution in [1.82, 2.24) is 5.32 Å². The van der Waals surface area contributed by atoms with Crippen LogP contribution in [0.1, 0.15) is 26.3 Å². The molecule has 4 nitrogen and oxygen atoms in total. The molecule has 0 aromatic heterocycles. The quantitative estimate of drug-likeness (QED) is 0.743. The van der Waals surface area contributed by atoms with Gasteiger partial charge in [-0.3, -0.25) is 4.79 Å². The molecule has 0 spiro atoms. The number of hydrogen-bond donors (Lipinski definition) is 3. The van der Waals surface area contributed by atoms with Gasteiger partial charge in [-0.25, -0.2) is 0 Å². The molecule has 100 valence electrons. The zero-order valence-corrected chi connectivity index (χ0v) is 11.3. The van der Waals surface area contributed by atoms with Gasteiger partial charge in [-0.1, -0.05) is 12.1 Å². The number of carbonyl (C=O) groups excluding carboxylic acids is 1. The Morgan fingerprint density at radius 2 is 1.83 bits per heavy atom. The first-order valence-corrected chi connectivity index (χ1v) is 6.15. The predicted molar refractivity (Wildman–Crippen MR) is 73.6 cm³/mol. The van der Waals surface area contributed by atoms with Crippen molar-refractivity contribution in [1.29, 1.82) is 0 Å². The van der Waals surface area contributed by atoms with Crippen LogP contribution >= 0.6 is 0 Å². The van der Waals surface area contributed by atoms with Gasteiger partial charge in [-0.15, -0.1) is 0 Å². The minimum absolute atomic E-state index is 0.0557. The van der Waals surface area contributed by atoms with E-state index in [1.807, 2.05) is 45.0 Å². The maximum atomic E-state index is 11.7. The molecule has 0 saturated heterocycles. The van der Waals surface area contributed by atoms with Crippen molar-refractivity contribution in [3.63, 3.8) is 0 Å². The molecule has 1 aromatic carbocycles. The average Bonchev–Trinajstić information content (AvgIpc) is 2.29. The second kappa shape index (κ2) is 6.52. The van der Waals surface area contributed by atoms with Gasteiger partial charge in [0, 0.05) is 17.8 Å². The molecule has 0 atom stereocenters. The molecular weight excluding hydrogens is 228 g/mol. The van der Waals surface area contributed by atoms with E-state index in [1.54, 1.807) is 0 Å². The number of hydrogen-bond acceptors (Lipinski definition) is 3. The molecule has 4 heteroatoms. The third kappa shape index (κ3) is 5.80. The third-order valence-electron chi connectivity index (χ3n) is 2.42. The lowest BCUT2D eigenvalue weighted by Gasteiger charge is -2.20. The van der Waals surface area contributed by atoms with E-state index < -0.39 is 0 Å². The van der Waals surface area contributed by atoms with Gasteiger partial charge in [-0.2, -0.15) is 0 Å². The second-order valence-electron chi connectivity index (χ2n) is 5.32. The van der Waals surface area contributed by atoms with Crippen LogP contribution in [-0.2, 0) is 11.2 Å². The Morgan fingerprint density at radius 3 is 2.33 bits per heavy atom. The molecule has 0 unspecified atom stereocenters. The molecule has 0 bridgehead atoms. The molecule has 0 radical (unpaired) electrons. The monoisotopic (exact) mass is 250 g/mol. The van der Waals surface area contributed by atoms with Gasteiger partial charge in [0.2, 0.25) is 5.91 Å². The highest BCUT2D eigenvalue weighted by Crippen LogP contribution is 2.09. The number of amides is 1. The number of rotatable bonds is 5. The fourth-order valence-electron chi connectivity index (χ4n) is 1.43. The molecule has 0 heterocycles. The molecule has 1 amide bonds. The van der Waals surface area contributed by atoms with Crippen LogP contribution in [0.15, 0.2) is 24.3 Å². The fraction of sp³-hybridized carbons (Fsp3) is 0.500. The highest BCUT2D eigenvalue weighted by atomic mass is 16.2. The summed E-state index contributed by atoms with van der Waals surface area (Å²) in [6, 6.07) is 7.51. The molecule has 0 aliphatic carbocycles. The summed E-state index contributed by atoms with van der Waals surface area (Å²) >= 11 is 0. The number of carbonyl (C=O) groups is 1. The first-order chi connectivity index (χ1) is 8.40. The lowest BCUT2D eigenvalue weighted by atomic mass is 10.1. The van der Waals surface area contributed by atoms with Crippen molar-refractivity contribution < 1.29 is 9.90 Å². The van der Waals surface area contributed by atoms with Gasteiger partial charge >= 0.3 is 0 Å². The molecule has 18 heavy (non-hydrogen) atoms. The SMILES string of the molecule is CC(C)(C)NCC(=O)Nc1ccc(CCO)cc1. The topological polar surface area (TPSA) is 61.4 Å². The Balaban J connectivity index is 2.44. The van der Waals surface area contributed by atoms with Crippen molar-refractivity contribution in [2.24, 2.45) is 0 Å². The maximum absolute atomic E-state index is 11.7. The Morgan fingerprint density at radius 1 is 1.22 bits per heavy atom. The van der Waals surface area contributed by atoms with Crippen LogP contribution < -0.4 is 10.6 Å². The Labute approximate surface area is 108 Å². The zero-order chi connectivity index (χ0) is 13.6. The van der Waals surface area contributed by atoms with Crippen LogP contribution in [0, 0.1) is 0 Å². The molecule has 0 fully saturated rings. The van der Waals surface area contributed by atoms with Crippen molar-refractivity contribution in [3.05, 3.63) is 29.8 Å². The van der Waals surface area contributed by atoms with Gasteiger partial charge < -0.3 is 15.7 Å². The van der Waals surface area contributed by atoms with Crippen molar-refractivity contribution in [3.8, 4) is 0 Å². The second-order valence-corrected chi connectivity index (χ2v) is 5.32. The number of aliphatic hydroxyl groups is 1. The number of anilines is 1. The molecule has 1 rings (SSSR count). The summed E-state index contributed by atoms with van der Waals surface area (Å²) in [6.45, 7) is 6.49. The summed E-state index contributed by atoms with van der Waals surface area (Å²) in [5, 5.41) is 14.8. The lowest BCUT2D eigenvalue weighted by molar-refractivity contribution is -0.115. The van der Waals surface area contributed by atoms with E-state index in [0.717, 1.165) is 11.3 Å². The van der Waals surface area contributed by atoms with E-state index in [0.29, 0.717) is 13.0 Å². The number of benzene rings is 1. The normalized spacial score (nSPS) is 11.3. The van der Waals surface area contributed by atoms with Gasteiger partial charge in [-0.05, 0) is 44.9 Å². The molecular formula is C14H22N2O2. The first-order valence-electron chi connectivity index (χ1n) is 6.15. The van der Waals surface area contributed by atoms with Crippen LogP contribution in [0.25, 0.3) is 0 Å². The Kier molecular flexibility index (Phi) is 5.31. The standard InChI is InChI=1S/C14H22N2O2/c1-14(2,3)15-10-13(18)16-12-6-4-11(5-7-12)8-9-17/h4-7,15,17H,8-10H2,1-3H3,(H,16,18). The minimum atomic E-state index is -0.0671. The van der Waals surface area contributed by atoms with Crippen molar-refractivity contribution in [2.45, 2.75) is 32.7 Å². The van der Waals surface area contributed by atoms with Crippen LogP contribution in [0.5, 0.6) is 0 Å². The first kappa shape index (κ1) is 14.7. The van der Waals surface area contributed by atoms with E-state index in [2.05, 4.69) is 10.6 Å². The van der Waals surface area contributed by atoms with Gasteiger partial charge in [0.15, 0.2) is 0 Å². The Bertz CT molecular complexity index is 380. The molecule has 0 aliphatic rings. The zero-order valence-electron chi connectivity index (χ0n) is 11.3. The maximum Gasteiger partial charge on any atom is 0.238 e. The van der Waals surface area contributed by atoms with Gasteiger partial charge in [0.05, 0.1) is 6.54 Å². The summed E-state index contributed by atoms with van der Waals surface area (Å²) in [5.74, 6) is -0.0557. The minimum Gasteiger partial charge on any atom is -0.396 e. The highest BCUT2D eigenvalue weighted by Gasteiger charge is 2.11. The molecule has 1 aromatic rings. The molecule has 0 saturated carbocycles. The van der Waals surface area contributed by atoms with E-state index in [9.17, 15) is 4.79 Å². The van der Waals surface area contributed by atoms with Gasteiger partial charge in [0.1, 0.15) is 0 Å². The van der Waals surface area contributed by atoms with Gasteiger partial charge in [0.25, 0.3) is 0 Å². The summed E-state index contributed by atoms with van der Waals surface area (Å²) in [6.07, 6.45) is 0.639. The fourth-order valence-corrected chi connectivity index (χ4v) is 1.43. The third-order valence-corrected chi connectivity index (χ3v) is 2.42. The summed E-state index contributed by atoms with van der Waals surface area (Å²) in [4.78, 5) is 11.7. The van der Waals surface area contributed by atoms with E-state index >= 15 is 0 Å². The predicted octanol–water partition coefficient (Wildman–Crippen LogP) is 1.55. The summed E-state index contributed by atoms with van der Waals surface area (Å²) in [5.41, 5.74) is 1.77. The van der Waals surface area contributed by atoms with E-state index in [4.69, 9.17) is 5.11 Å². The van der Waals surface area contributed by atoms with Crippen molar-refractivity contribution in [2.75, 3.05) is 18.5 Å². The van der Waals surface area contributed by atoms with Crippen LogP contribution in [0.2, 0.25) is 0 Å². The average molecular weight is 250 g/mol. The van der Waals surface area contributed by atoms with E-state index in [1.165, 1.54) is 0 Å². The highest BCUT2D eigenvalue weighted by molar-refractivity contribution is 5.92. The number of aliphatic hydroxyl groups excluding tert-OH is 1. The smallest absolute Gasteiger partial charge is 0.238 e. The largest absolute Gasteiger partial charge is 0.396 e. The van der Waals surface area contributed by atoms with Crippen LogP contribution in [0.3, 0.4) is 0 Å². The lowest BCUT2D eigenvalue weighted by Crippen LogP contribution is -2.41. The van der Waals surface area contributed by atoms with E-state index in [-0.39, 0.29) is 18.1 Å². The summed E-state index contributed by atoms with van der Waals surface area (Å²) in [7, 11) is 0. The summed E-state index contributed by atoms with van der Waals surface area (Å²) < 4.78 is 0. The number of nitrogens with one attached hydrogen (secondary N) is 2. The van der Waals surface area contributed by atoms with Crippen LogP contribution in [-0.4, -0.2) is 29.7 Å². The van der Waals surface area contributed by atoms with Crippen LogP contribution in [0.4, 0.5) is 5.69 Å².